The molecule has 1 atom stereocenters. The van der Waals surface area contributed by atoms with Gasteiger partial charge < -0.3 is 19.5 Å². The Kier molecular flexibility index (Phi) is 5.94. The minimum atomic E-state index is -1.19. The highest BCUT2D eigenvalue weighted by molar-refractivity contribution is 7.15. The van der Waals surface area contributed by atoms with Gasteiger partial charge in [-0.2, -0.15) is 0 Å². The molecule has 3 aromatic rings. The number of amides is 2. The van der Waals surface area contributed by atoms with Crippen molar-refractivity contribution in [2.45, 2.75) is 45.2 Å². The van der Waals surface area contributed by atoms with Crippen LogP contribution in [-0.2, 0) is 16.8 Å². The monoisotopic (exact) mass is 510 g/mol. The second-order valence-electron chi connectivity index (χ2n) is 9.82. The Labute approximate surface area is 211 Å². The van der Waals surface area contributed by atoms with Gasteiger partial charge >= 0.3 is 0 Å². The number of hydrogen-bond donors (Lipinski definition) is 1. The molecule has 188 valence electrons. The van der Waals surface area contributed by atoms with Gasteiger partial charge in [0.2, 0.25) is 11.3 Å². The van der Waals surface area contributed by atoms with Crippen LogP contribution in [0, 0.1) is 5.82 Å². The fraction of sp³-hybridized carbons (Fsp3) is 0.385. The normalized spacial score (nSPS) is 19.4. The summed E-state index contributed by atoms with van der Waals surface area (Å²) in [6, 6.07) is 5.93. The molecule has 1 saturated heterocycles. The Morgan fingerprint density at radius 3 is 2.53 bits per heavy atom. The number of halogens is 1. The minimum Gasteiger partial charge on any atom is -0.503 e. The molecule has 10 heteroatoms. The molecule has 1 fully saturated rings. The molecule has 0 radical (unpaired) electrons. The number of nitrogens with zero attached hydrogens (tertiary/aromatic N) is 4. The second kappa shape index (κ2) is 8.85. The molecule has 8 nitrogen and oxygen atoms in total. The average Bonchev–Trinajstić information content (AvgIpc) is 3.26. The summed E-state index contributed by atoms with van der Waals surface area (Å²) >= 11 is 1.28. The maximum atomic E-state index is 13.6. The lowest BCUT2D eigenvalue weighted by Crippen LogP contribution is -2.63. The molecule has 5 rings (SSSR count). The van der Waals surface area contributed by atoms with Crippen molar-refractivity contribution in [2.75, 3.05) is 19.6 Å². The van der Waals surface area contributed by atoms with E-state index in [9.17, 15) is 23.9 Å². The summed E-state index contributed by atoms with van der Waals surface area (Å²) in [5, 5.41) is 11.4. The lowest BCUT2D eigenvalue weighted by atomic mass is 9.91. The Bertz CT molecular complexity index is 1410. The summed E-state index contributed by atoms with van der Waals surface area (Å²) in [7, 11) is 0. The lowest BCUT2D eigenvalue weighted by Gasteiger charge is -2.47. The van der Waals surface area contributed by atoms with Crippen molar-refractivity contribution in [1.82, 2.24) is 19.4 Å². The van der Waals surface area contributed by atoms with E-state index in [0.717, 1.165) is 16.9 Å². The number of likely N-dealkylation sites (tertiary alicyclic amines) is 1. The van der Waals surface area contributed by atoms with E-state index in [1.807, 2.05) is 13.8 Å². The van der Waals surface area contributed by atoms with Crippen LogP contribution in [0.2, 0.25) is 0 Å². The predicted molar refractivity (Wildman–Crippen MR) is 134 cm³/mol. The molecule has 1 unspecified atom stereocenters. The number of fused-ring (bicyclic) bond motifs is 1. The molecule has 0 saturated carbocycles. The van der Waals surface area contributed by atoms with Crippen LogP contribution in [0.1, 0.15) is 48.1 Å². The van der Waals surface area contributed by atoms with Crippen LogP contribution < -0.4 is 5.43 Å². The molecule has 1 aromatic carbocycles. The number of thiazole rings is 1. The van der Waals surface area contributed by atoms with Crippen molar-refractivity contribution in [2.24, 2.45) is 0 Å². The zero-order chi connectivity index (χ0) is 25.8. The molecule has 2 aromatic heterocycles. The highest BCUT2D eigenvalue weighted by Crippen LogP contribution is 2.36. The summed E-state index contributed by atoms with van der Waals surface area (Å²) in [5.41, 5.74) is -1.06. The van der Waals surface area contributed by atoms with Crippen molar-refractivity contribution < 1.29 is 19.1 Å². The third kappa shape index (κ3) is 3.89. The topological polar surface area (TPSA) is 95.7 Å². The van der Waals surface area contributed by atoms with E-state index in [1.165, 1.54) is 39.1 Å². The van der Waals surface area contributed by atoms with Crippen LogP contribution in [0.25, 0.3) is 10.6 Å². The van der Waals surface area contributed by atoms with Crippen LogP contribution >= 0.6 is 11.3 Å². The molecule has 0 spiro atoms. The highest BCUT2D eigenvalue weighted by Gasteiger charge is 2.49. The molecule has 2 amide bonds. The zero-order valence-corrected chi connectivity index (χ0v) is 21.1. The molecule has 0 bridgehead atoms. The third-order valence-electron chi connectivity index (χ3n) is 6.96. The Morgan fingerprint density at radius 1 is 1.22 bits per heavy atom. The summed E-state index contributed by atoms with van der Waals surface area (Å²) < 4.78 is 14.7. The quantitative estimate of drug-likeness (QED) is 0.569. The number of benzene rings is 1. The smallest absolute Gasteiger partial charge is 0.274 e. The van der Waals surface area contributed by atoms with E-state index in [-0.39, 0.29) is 35.6 Å². The highest BCUT2D eigenvalue weighted by atomic mass is 32.1. The van der Waals surface area contributed by atoms with Gasteiger partial charge in [0, 0.05) is 42.8 Å². The van der Waals surface area contributed by atoms with Crippen molar-refractivity contribution in [3.05, 3.63) is 68.8 Å². The van der Waals surface area contributed by atoms with Crippen LogP contribution in [0.15, 0.2) is 41.5 Å². The maximum Gasteiger partial charge on any atom is 0.274 e. The summed E-state index contributed by atoms with van der Waals surface area (Å²) in [5.74, 6) is -1.64. The van der Waals surface area contributed by atoms with Gasteiger partial charge in [-0.25, -0.2) is 9.37 Å². The second-order valence-corrected chi connectivity index (χ2v) is 10.9. The molecular formula is C26H27FN4O4S. The summed E-state index contributed by atoms with van der Waals surface area (Å²) in [6.45, 7) is 6.82. The standard InChI is InChI=1S/C26H27FN4O4S/c1-15(2)30-14-26(3,25(35)29-9-4-10-29)31-13-19(21(32)22(33)20(31)24(30)34)23-28-12-18(36-23)11-16-5-7-17(27)8-6-16/h5-8,12-13,15,33H,4,9-11,14H2,1-3H3. The molecule has 2 aliphatic rings. The number of carbonyl (C=O) groups is 2. The van der Waals surface area contributed by atoms with Gasteiger partial charge in [0.15, 0.2) is 11.4 Å². The lowest BCUT2D eigenvalue weighted by molar-refractivity contribution is -0.145. The first-order chi connectivity index (χ1) is 17.1. The van der Waals surface area contributed by atoms with E-state index < -0.39 is 22.6 Å². The van der Waals surface area contributed by atoms with E-state index in [4.69, 9.17) is 0 Å². The number of pyridine rings is 1. The predicted octanol–water partition coefficient (Wildman–Crippen LogP) is 3.22. The average molecular weight is 511 g/mol. The van der Waals surface area contributed by atoms with Gasteiger partial charge in [-0.1, -0.05) is 12.1 Å². The van der Waals surface area contributed by atoms with Gasteiger partial charge in [-0.3, -0.25) is 14.4 Å². The molecule has 36 heavy (non-hydrogen) atoms. The largest absolute Gasteiger partial charge is 0.503 e. The molecule has 2 aliphatic heterocycles. The minimum absolute atomic E-state index is 0.125. The number of hydrogen-bond acceptors (Lipinski definition) is 6. The first-order valence-electron chi connectivity index (χ1n) is 11.9. The Balaban J connectivity index is 1.60. The zero-order valence-electron chi connectivity index (χ0n) is 20.3. The van der Waals surface area contributed by atoms with E-state index >= 15 is 0 Å². The molecule has 4 heterocycles. The molecule has 1 N–H and O–H groups in total. The van der Waals surface area contributed by atoms with E-state index in [2.05, 4.69) is 4.98 Å². The van der Waals surface area contributed by atoms with Crippen LogP contribution in [-0.4, -0.2) is 61.9 Å². The van der Waals surface area contributed by atoms with Crippen molar-refractivity contribution in [3.63, 3.8) is 0 Å². The van der Waals surface area contributed by atoms with Crippen LogP contribution in [0.5, 0.6) is 5.75 Å². The van der Waals surface area contributed by atoms with Gasteiger partial charge in [0.1, 0.15) is 16.4 Å². The van der Waals surface area contributed by atoms with Crippen LogP contribution in [0.4, 0.5) is 4.39 Å². The molecule has 0 aliphatic carbocycles. The fourth-order valence-electron chi connectivity index (χ4n) is 4.73. The number of carbonyl (C=O) groups excluding carboxylic acids is 2. The maximum absolute atomic E-state index is 13.6. The summed E-state index contributed by atoms with van der Waals surface area (Å²) in [6.07, 6.45) is 4.55. The fourth-order valence-corrected chi connectivity index (χ4v) is 5.68. The van der Waals surface area contributed by atoms with Gasteiger partial charge in [0.05, 0.1) is 12.1 Å². The Hall–Kier alpha value is -3.53. The van der Waals surface area contributed by atoms with Gasteiger partial charge in [0.25, 0.3) is 5.91 Å². The number of aromatic nitrogens is 2. The van der Waals surface area contributed by atoms with E-state index in [1.54, 1.807) is 30.2 Å². The van der Waals surface area contributed by atoms with Crippen molar-refractivity contribution in [1.29, 1.82) is 0 Å². The first-order valence-corrected chi connectivity index (χ1v) is 12.7. The van der Waals surface area contributed by atoms with Gasteiger partial charge in [-0.05, 0) is 44.9 Å². The van der Waals surface area contributed by atoms with Crippen LogP contribution in [0.3, 0.4) is 0 Å². The van der Waals surface area contributed by atoms with Crippen molar-refractivity contribution >= 4 is 23.2 Å². The third-order valence-corrected chi connectivity index (χ3v) is 7.99. The molecular weight excluding hydrogens is 483 g/mol. The Morgan fingerprint density at radius 2 is 1.92 bits per heavy atom. The van der Waals surface area contributed by atoms with E-state index in [0.29, 0.717) is 24.5 Å². The van der Waals surface area contributed by atoms with Crippen molar-refractivity contribution in [3.8, 4) is 16.3 Å². The number of aromatic hydroxyl groups is 1. The van der Waals surface area contributed by atoms with Gasteiger partial charge in [-0.15, -0.1) is 11.3 Å². The first kappa shape index (κ1) is 24.2. The number of rotatable bonds is 5. The summed E-state index contributed by atoms with van der Waals surface area (Å²) in [4.78, 5) is 48.6. The SMILES string of the molecule is CC(C)N1CC(C)(C(=O)N2CCC2)n2cc(-c3ncc(Cc4ccc(F)cc4)s3)c(=O)c(O)c2C1=O.